The molecular weight excluding hydrogens is 192 g/mol. The molecule has 0 rings (SSSR count). The fourth-order valence-corrected chi connectivity index (χ4v) is 0.554. The Morgan fingerprint density at radius 1 is 1.13 bits per heavy atom. The number of rotatable bonds is 4. The number of ether oxygens (including phenoxy) is 1. The SMILES string of the molecule is C=C.C=C.CC(C)(C)COCC(O)CO. The summed E-state index contributed by atoms with van der Waals surface area (Å²) in [5.74, 6) is 0. The highest BCUT2D eigenvalue weighted by atomic mass is 16.5. The zero-order valence-corrected chi connectivity index (χ0v) is 10.3. The lowest BCUT2D eigenvalue weighted by Crippen LogP contribution is -2.23. The highest BCUT2D eigenvalue weighted by Crippen LogP contribution is 2.12. The fourth-order valence-electron chi connectivity index (χ4n) is 0.554. The molecule has 0 heterocycles. The van der Waals surface area contributed by atoms with Crippen molar-refractivity contribution in [2.45, 2.75) is 26.9 Å². The first-order valence-electron chi connectivity index (χ1n) is 4.82. The average Bonchev–Trinajstić information content (AvgIpc) is 2.22. The van der Waals surface area contributed by atoms with Crippen LogP contribution in [0.25, 0.3) is 0 Å². The molecule has 92 valence electrons. The van der Waals surface area contributed by atoms with E-state index in [2.05, 4.69) is 47.1 Å². The van der Waals surface area contributed by atoms with E-state index < -0.39 is 6.10 Å². The zero-order chi connectivity index (χ0) is 12.9. The molecule has 15 heavy (non-hydrogen) atoms. The van der Waals surface area contributed by atoms with Crippen LogP contribution in [0.4, 0.5) is 0 Å². The molecule has 1 unspecified atom stereocenters. The van der Waals surface area contributed by atoms with E-state index in [1.165, 1.54) is 0 Å². The number of hydrogen-bond acceptors (Lipinski definition) is 3. The Bertz CT molecular complexity index is 117. The monoisotopic (exact) mass is 218 g/mol. The number of hydrogen-bond donors (Lipinski definition) is 2. The summed E-state index contributed by atoms with van der Waals surface area (Å²) in [7, 11) is 0. The van der Waals surface area contributed by atoms with Crippen LogP contribution in [-0.2, 0) is 4.74 Å². The maximum absolute atomic E-state index is 8.88. The maximum atomic E-state index is 8.88. The molecule has 0 spiro atoms. The molecule has 1 atom stereocenters. The minimum absolute atomic E-state index is 0.120. The van der Waals surface area contributed by atoms with Crippen molar-refractivity contribution in [3.8, 4) is 0 Å². The van der Waals surface area contributed by atoms with Gasteiger partial charge in [-0.05, 0) is 5.41 Å². The lowest BCUT2D eigenvalue weighted by molar-refractivity contribution is -0.0149. The second kappa shape index (κ2) is 13.4. The molecule has 0 aliphatic heterocycles. The molecule has 0 aliphatic rings. The molecule has 0 saturated carbocycles. The summed E-state index contributed by atoms with van der Waals surface area (Å²) in [6.45, 7) is 18.7. The van der Waals surface area contributed by atoms with E-state index in [0.717, 1.165) is 0 Å². The van der Waals surface area contributed by atoms with E-state index in [4.69, 9.17) is 14.9 Å². The van der Waals surface area contributed by atoms with Crippen LogP contribution in [0.1, 0.15) is 20.8 Å². The summed E-state index contributed by atoms with van der Waals surface area (Å²) in [4.78, 5) is 0. The summed E-state index contributed by atoms with van der Waals surface area (Å²) >= 11 is 0. The van der Waals surface area contributed by atoms with E-state index >= 15 is 0 Å². The van der Waals surface area contributed by atoms with E-state index in [9.17, 15) is 0 Å². The molecule has 3 heteroatoms. The Morgan fingerprint density at radius 3 is 1.80 bits per heavy atom. The first-order valence-corrected chi connectivity index (χ1v) is 4.82. The summed E-state index contributed by atoms with van der Waals surface area (Å²) in [6, 6.07) is 0. The van der Waals surface area contributed by atoms with Crippen LogP contribution in [0.3, 0.4) is 0 Å². The standard InChI is InChI=1S/C8H18O3.2C2H4/c1-8(2,3)6-11-5-7(10)4-9;2*1-2/h7,9-10H,4-6H2,1-3H3;2*1-2H2. The number of aliphatic hydroxyl groups excluding tert-OH is 2. The summed E-state index contributed by atoms with van der Waals surface area (Å²) in [5, 5.41) is 17.3. The van der Waals surface area contributed by atoms with Gasteiger partial charge >= 0.3 is 0 Å². The van der Waals surface area contributed by atoms with E-state index in [1.807, 2.05) is 0 Å². The van der Waals surface area contributed by atoms with E-state index in [0.29, 0.717) is 6.61 Å². The first-order chi connectivity index (χ1) is 6.95. The lowest BCUT2D eigenvalue weighted by atomic mass is 9.99. The molecule has 0 saturated heterocycles. The van der Waals surface area contributed by atoms with Gasteiger partial charge in [0.2, 0.25) is 0 Å². The zero-order valence-electron chi connectivity index (χ0n) is 10.3. The molecule has 0 radical (unpaired) electrons. The molecule has 0 bridgehead atoms. The molecule has 0 aromatic rings. The van der Waals surface area contributed by atoms with E-state index in [1.54, 1.807) is 0 Å². The second-order valence-corrected chi connectivity index (χ2v) is 3.91. The summed E-state index contributed by atoms with van der Waals surface area (Å²) in [5.41, 5.74) is 0.120. The Kier molecular flexibility index (Phi) is 17.7. The van der Waals surface area contributed by atoms with Gasteiger partial charge in [-0.25, -0.2) is 0 Å². The van der Waals surface area contributed by atoms with E-state index in [-0.39, 0.29) is 18.6 Å². The lowest BCUT2D eigenvalue weighted by Gasteiger charge is -2.18. The van der Waals surface area contributed by atoms with Crippen molar-refractivity contribution >= 4 is 0 Å². The van der Waals surface area contributed by atoms with Gasteiger partial charge in [0.25, 0.3) is 0 Å². The van der Waals surface area contributed by atoms with Crippen LogP contribution in [0.15, 0.2) is 26.3 Å². The van der Waals surface area contributed by atoms with Crippen LogP contribution < -0.4 is 0 Å². The third-order valence-corrected chi connectivity index (χ3v) is 1.06. The van der Waals surface area contributed by atoms with Gasteiger partial charge in [-0.2, -0.15) is 0 Å². The van der Waals surface area contributed by atoms with Crippen molar-refractivity contribution in [3.63, 3.8) is 0 Å². The first kappa shape index (κ1) is 19.9. The van der Waals surface area contributed by atoms with Crippen molar-refractivity contribution < 1.29 is 14.9 Å². The van der Waals surface area contributed by atoms with Gasteiger partial charge in [0.1, 0.15) is 6.10 Å². The predicted octanol–water partition coefficient (Wildman–Crippen LogP) is 2.01. The molecule has 3 nitrogen and oxygen atoms in total. The largest absolute Gasteiger partial charge is 0.394 e. The molecule has 0 fully saturated rings. The molecule has 0 aliphatic carbocycles. The third kappa shape index (κ3) is 24.7. The van der Waals surface area contributed by atoms with Gasteiger partial charge in [0.15, 0.2) is 0 Å². The van der Waals surface area contributed by atoms with Crippen LogP contribution in [-0.4, -0.2) is 36.1 Å². The Morgan fingerprint density at radius 2 is 1.53 bits per heavy atom. The fraction of sp³-hybridized carbons (Fsp3) is 0.667. The Balaban J connectivity index is -0.000000318. The van der Waals surface area contributed by atoms with Gasteiger partial charge in [-0.3, -0.25) is 0 Å². The molecule has 0 aromatic heterocycles. The second-order valence-electron chi connectivity index (χ2n) is 3.91. The van der Waals surface area contributed by atoms with Gasteiger partial charge < -0.3 is 14.9 Å². The number of aliphatic hydroxyl groups is 2. The van der Waals surface area contributed by atoms with Crippen molar-refractivity contribution in [1.29, 1.82) is 0 Å². The summed E-state index contributed by atoms with van der Waals surface area (Å²) < 4.78 is 5.14. The Labute approximate surface area is 94.1 Å². The highest BCUT2D eigenvalue weighted by Gasteiger charge is 2.11. The van der Waals surface area contributed by atoms with Crippen LogP contribution >= 0.6 is 0 Å². The molecule has 2 N–H and O–H groups in total. The topological polar surface area (TPSA) is 49.7 Å². The molecule has 0 aromatic carbocycles. The van der Waals surface area contributed by atoms with Crippen LogP contribution in [0.2, 0.25) is 0 Å². The minimum atomic E-state index is -0.739. The van der Waals surface area contributed by atoms with Gasteiger partial charge in [0.05, 0.1) is 19.8 Å². The third-order valence-electron chi connectivity index (χ3n) is 1.06. The predicted molar refractivity (Wildman–Crippen MR) is 65.9 cm³/mol. The minimum Gasteiger partial charge on any atom is -0.394 e. The van der Waals surface area contributed by atoms with Gasteiger partial charge in [-0.15, -0.1) is 26.3 Å². The quantitative estimate of drug-likeness (QED) is 0.710. The van der Waals surface area contributed by atoms with Crippen molar-refractivity contribution in [2.24, 2.45) is 5.41 Å². The van der Waals surface area contributed by atoms with Crippen LogP contribution in [0.5, 0.6) is 0 Å². The van der Waals surface area contributed by atoms with Gasteiger partial charge in [-0.1, -0.05) is 20.8 Å². The van der Waals surface area contributed by atoms with Crippen molar-refractivity contribution in [2.75, 3.05) is 19.8 Å². The molecular formula is C12H26O3. The van der Waals surface area contributed by atoms with Crippen molar-refractivity contribution in [3.05, 3.63) is 26.3 Å². The van der Waals surface area contributed by atoms with Crippen molar-refractivity contribution in [1.82, 2.24) is 0 Å². The average molecular weight is 218 g/mol. The molecule has 0 amide bonds. The van der Waals surface area contributed by atoms with Crippen LogP contribution in [0, 0.1) is 5.41 Å². The maximum Gasteiger partial charge on any atom is 0.100 e. The normalized spacial score (nSPS) is 11.5. The highest BCUT2D eigenvalue weighted by molar-refractivity contribution is 4.60. The Hall–Kier alpha value is -0.640. The summed E-state index contributed by atoms with van der Waals surface area (Å²) in [6.07, 6.45) is -0.739. The smallest absolute Gasteiger partial charge is 0.100 e. The van der Waals surface area contributed by atoms with Gasteiger partial charge in [0, 0.05) is 0 Å².